The zero-order chi connectivity index (χ0) is 13.4. The van der Waals surface area contributed by atoms with Crippen LogP contribution in [0.3, 0.4) is 0 Å². The maximum Gasteiger partial charge on any atom is 0.286 e. The zero-order valence-corrected chi connectivity index (χ0v) is 11.9. The lowest BCUT2D eigenvalue weighted by molar-refractivity contribution is -0.661. The largest absolute Gasteiger partial charge is 0.286 e. The van der Waals surface area contributed by atoms with E-state index in [1.54, 1.807) is 0 Å². The van der Waals surface area contributed by atoms with Gasteiger partial charge in [0.25, 0.3) is 5.65 Å². The van der Waals surface area contributed by atoms with Crippen molar-refractivity contribution in [1.82, 2.24) is 4.40 Å². The summed E-state index contributed by atoms with van der Waals surface area (Å²) in [7, 11) is 0. The summed E-state index contributed by atoms with van der Waals surface area (Å²) >= 11 is 6.23. The molecule has 0 N–H and O–H groups in total. The van der Waals surface area contributed by atoms with Crippen LogP contribution in [0.4, 0.5) is 0 Å². The van der Waals surface area contributed by atoms with Crippen molar-refractivity contribution in [3.05, 3.63) is 70.6 Å². The van der Waals surface area contributed by atoms with Crippen molar-refractivity contribution in [2.75, 3.05) is 0 Å². The van der Waals surface area contributed by atoms with Crippen molar-refractivity contribution in [3.63, 3.8) is 0 Å². The molecule has 0 saturated carbocycles. The van der Waals surface area contributed by atoms with E-state index in [0.717, 1.165) is 17.1 Å². The summed E-state index contributed by atoms with van der Waals surface area (Å²) in [5, 5.41) is 0.818. The van der Waals surface area contributed by atoms with Crippen LogP contribution in [0.1, 0.15) is 16.8 Å². The summed E-state index contributed by atoms with van der Waals surface area (Å²) < 4.78 is 4.42. The second-order valence-corrected chi connectivity index (χ2v) is 5.33. The van der Waals surface area contributed by atoms with Crippen LogP contribution < -0.4 is 4.57 Å². The van der Waals surface area contributed by atoms with E-state index in [1.165, 1.54) is 16.9 Å². The highest BCUT2D eigenvalue weighted by Crippen LogP contribution is 2.15. The minimum absolute atomic E-state index is 0.791. The van der Waals surface area contributed by atoms with Crippen molar-refractivity contribution in [2.45, 2.75) is 20.4 Å². The first-order chi connectivity index (χ1) is 9.15. The van der Waals surface area contributed by atoms with Crippen molar-refractivity contribution in [2.24, 2.45) is 0 Å². The Morgan fingerprint density at radius 1 is 1.16 bits per heavy atom. The molecule has 0 aliphatic carbocycles. The van der Waals surface area contributed by atoms with Gasteiger partial charge in [0.15, 0.2) is 0 Å². The molecule has 0 aliphatic rings. The first-order valence-electron chi connectivity index (χ1n) is 6.36. The fraction of sp³-hybridized carbons (Fsp3) is 0.188. The minimum atomic E-state index is 0.791. The quantitative estimate of drug-likeness (QED) is 0.630. The van der Waals surface area contributed by atoms with Gasteiger partial charge in [0, 0.05) is 16.7 Å². The first-order valence-corrected chi connectivity index (χ1v) is 6.74. The molecule has 0 radical (unpaired) electrons. The van der Waals surface area contributed by atoms with Crippen LogP contribution in [0.25, 0.3) is 5.65 Å². The Kier molecular flexibility index (Phi) is 3.03. The Morgan fingerprint density at radius 2 is 1.95 bits per heavy atom. The number of pyridine rings is 1. The molecule has 2 heterocycles. The van der Waals surface area contributed by atoms with Gasteiger partial charge in [-0.25, -0.2) is 8.97 Å². The molecule has 3 heteroatoms. The lowest BCUT2D eigenvalue weighted by Crippen LogP contribution is -2.33. The van der Waals surface area contributed by atoms with Crippen molar-refractivity contribution >= 4 is 17.2 Å². The van der Waals surface area contributed by atoms with Crippen LogP contribution in [-0.2, 0) is 6.54 Å². The van der Waals surface area contributed by atoms with E-state index in [0.29, 0.717) is 0 Å². The summed E-state index contributed by atoms with van der Waals surface area (Å²) in [6.07, 6.45) is 4.20. The highest BCUT2D eigenvalue weighted by Gasteiger charge is 2.13. The Morgan fingerprint density at radius 3 is 2.74 bits per heavy atom. The normalized spacial score (nSPS) is 11.1. The second-order valence-electron chi connectivity index (χ2n) is 4.92. The van der Waals surface area contributed by atoms with Crippen LogP contribution in [0.15, 0.2) is 48.8 Å². The smallest absolute Gasteiger partial charge is 0.226 e. The van der Waals surface area contributed by atoms with E-state index in [-0.39, 0.29) is 0 Å². The van der Waals surface area contributed by atoms with Crippen molar-refractivity contribution in [1.29, 1.82) is 0 Å². The third-order valence-corrected chi connectivity index (χ3v) is 3.78. The van der Waals surface area contributed by atoms with Crippen LogP contribution in [0.5, 0.6) is 0 Å². The molecule has 0 fully saturated rings. The van der Waals surface area contributed by atoms with Gasteiger partial charge >= 0.3 is 0 Å². The van der Waals surface area contributed by atoms with Crippen LogP contribution in [0.2, 0.25) is 5.02 Å². The molecule has 0 bridgehead atoms. The average Bonchev–Trinajstić information content (AvgIpc) is 2.76. The van der Waals surface area contributed by atoms with Gasteiger partial charge in [-0.1, -0.05) is 29.8 Å². The predicted octanol–water partition coefficient (Wildman–Crippen LogP) is 3.55. The maximum absolute atomic E-state index is 6.23. The molecule has 2 nitrogen and oxygen atoms in total. The lowest BCUT2D eigenvalue weighted by Gasteiger charge is -2.02. The molecule has 0 amide bonds. The molecule has 96 valence electrons. The van der Waals surface area contributed by atoms with Crippen LogP contribution in [0, 0.1) is 13.8 Å². The summed E-state index contributed by atoms with van der Waals surface area (Å²) in [5.41, 5.74) is 4.85. The monoisotopic (exact) mass is 271 g/mol. The second kappa shape index (κ2) is 4.71. The number of halogens is 1. The molecular formula is C16H16ClN2+. The van der Waals surface area contributed by atoms with E-state index in [2.05, 4.69) is 53.4 Å². The minimum Gasteiger partial charge on any atom is -0.226 e. The van der Waals surface area contributed by atoms with Crippen molar-refractivity contribution in [3.8, 4) is 0 Å². The molecule has 0 atom stereocenters. The van der Waals surface area contributed by atoms with E-state index in [4.69, 9.17) is 11.6 Å². The van der Waals surface area contributed by atoms with Crippen molar-refractivity contribution < 1.29 is 4.57 Å². The van der Waals surface area contributed by atoms with Crippen LogP contribution >= 0.6 is 11.6 Å². The summed E-state index contributed by atoms with van der Waals surface area (Å²) in [4.78, 5) is 0. The molecule has 0 saturated heterocycles. The fourth-order valence-corrected chi connectivity index (χ4v) is 2.67. The van der Waals surface area contributed by atoms with Gasteiger partial charge in [0.2, 0.25) is 0 Å². The Labute approximate surface area is 117 Å². The number of imidazole rings is 1. The molecule has 19 heavy (non-hydrogen) atoms. The van der Waals surface area contributed by atoms with Gasteiger partial charge in [-0.05, 0) is 31.5 Å². The molecule has 3 aromatic rings. The average molecular weight is 272 g/mol. The molecule has 1 aromatic carbocycles. The van der Waals surface area contributed by atoms with Gasteiger partial charge in [0.05, 0.1) is 0 Å². The molecule has 3 rings (SSSR count). The Balaban J connectivity index is 2.09. The zero-order valence-electron chi connectivity index (χ0n) is 11.1. The van der Waals surface area contributed by atoms with E-state index in [9.17, 15) is 0 Å². The number of fused-ring (bicyclic) bond motifs is 1. The SMILES string of the molecule is Cc1cc(C)n2cc[n+](Cc3ccccc3Cl)c2c1. The Hall–Kier alpha value is -1.80. The van der Waals surface area contributed by atoms with E-state index >= 15 is 0 Å². The Bertz CT molecular complexity index is 744. The third-order valence-electron chi connectivity index (χ3n) is 3.41. The number of aryl methyl sites for hydroxylation is 2. The van der Waals surface area contributed by atoms with Crippen LogP contribution in [-0.4, -0.2) is 4.40 Å². The summed E-state index contributed by atoms with van der Waals surface area (Å²) in [6, 6.07) is 12.4. The molecule has 0 aliphatic heterocycles. The maximum atomic E-state index is 6.23. The number of benzene rings is 1. The molecule has 2 aromatic heterocycles. The standard InChI is InChI=1S/C16H16ClN2/c1-12-9-13(2)19-8-7-18(16(19)10-12)11-14-5-3-4-6-15(14)17/h3-10H,11H2,1-2H3/q+1. The fourth-order valence-electron chi connectivity index (χ4n) is 2.48. The topological polar surface area (TPSA) is 8.29 Å². The highest BCUT2D eigenvalue weighted by atomic mass is 35.5. The summed E-state index contributed by atoms with van der Waals surface area (Å²) in [5.74, 6) is 0. The number of rotatable bonds is 2. The molecule has 0 spiro atoms. The number of hydrogen-bond acceptors (Lipinski definition) is 0. The highest BCUT2D eigenvalue weighted by molar-refractivity contribution is 6.31. The molecule has 0 unspecified atom stereocenters. The first kappa shape index (κ1) is 12.2. The van der Waals surface area contributed by atoms with E-state index < -0.39 is 0 Å². The number of aromatic nitrogens is 2. The third kappa shape index (κ3) is 2.24. The lowest BCUT2D eigenvalue weighted by atomic mass is 10.2. The van der Waals surface area contributed by atoms with Gasteiger partial charge in [-0.15, -0.1) is 0 Å². The van der Waals surface area contributed by atoms with Gasteiger partial charge in [-0.3, -0.25) is 0 Å². The van der Waals surface area contributed by atoms with Gasteiger partial charge in [0.1, 0.15) is 24.6 Å². The number of nitrogens with zero attached hydrogens (tertiary/aromatic N) is 2. The van der Waals surface area contributed by atoms with Gasteiger partial charge < -0.3 is 0 Å². The predicted molar refractivity (Wildman–Crippen MR) is 77.6 cm³/mol. The number of hydrogen-bond donors (Lipinski definition) is 0. The molecular weight excluding hydrogens is 256 g/mol. The summed E-state index contributed by atoms with van der Waals surface area (Å²) in [6.45, 7) is 5.04. The van der Waals surface area contributed by atoms with Gasteiger partial charge in [-0.2, -0.15) is 0 Å². The van der Waals surface area contributed by atoms with E-state index in [1.807, 2.05) is 18.2 Å².